The van der Waals surface area contributed by atoms with Gasteiger partial charge in [0.25, 0.3) is 0 Å². The Morgan fingerprint density at radius 2 is 2.04 bits per heavy atom. The van der Waals surface area contributed by atoms with Crippen LogP contribution in [0.2, 0.25) is 0 Å². The lowest BCUT2D eigenvalue weighted by atomic mass is 10.1. The topological polar surface area (TPSA) is 68.0 Å². The second kappa shape index (κ2) is 8.33. The van der Waals surface area contributed by atoms with E-state index >= 15 is 0 Å². The van der Waals surface area contributed by atoms with Gasteiger partial charge in [-0.2, -0.15) is 0 Å². The van der Waals surface area contributed by atoms with Gasteiger partial charge in [0.05, 0.1) is 6.04 Å². The molecule has 3 N–H and O–H groups in total. The minimum atomic E-state index is -0.876. The van der Waals surface area contributed by atoms with Crippen LogP contribution < -0.4 is 11.1 Å². The first-order chi connectivity index (χ1) is 10.4. The van der Waals surface area contributed by atoms with Crippen LogP contribution in [0.1, 0.15) is 24.3 Å². The Bertz CT molecular complexity index is 678. The van der Waals surface area contributed by atoms with E-state index in [0.29, 0.717) is 17.1 Å². The number of hydrogen-bond acceptors (Lipinski definition) is 4. The summed E-state index contributed by atoms with van der Waals surface area (Å²) in [7, 11) is 0. The molecular weight excluding hydrogens is 344 g/mol. The molecule has 1 amide bonds. The number of rotatable bonds is 5. The largest absolute Gasteiger partial charge is 0.320 e. The van der Waals surface area contributed by atoms with Crippen LogP contribution in [0.25, 0.3) is 0 Å². The molecule has 126 valence electrons. The summed E-state index contributed by atoms with van der Waals surface area (Å²) in [6.45, 7) is 3.72. The maximum absolute atomic E-state index is 13.2. The number of nitrogens with one attached hydrogen (secondary N) is 1. The predicted octanol–water partition coefficient (Wildman–Crippen LogP) is 3.36. The highest BCUT2D eigenvalue weighted by atomic mass is 35.5. The molecule has 0 saturated carbocycles. The van der Waals surface area contributed by atoms with E-state index in [1.54, 1.807) is 6.20 Å². The number of benzene rings is 1. The number of nitrogens with two attached hydrogens (primary N) is 1. The zero-order valence-corrected chi connectivity index (χ0v) is 14.3. The fourth-order valence-electron chi connectivity index (χ4n) is 1.79. The van der Waals surface area contributed by atoms with E-state index in [-0.39, 0.29) is 24.2 Å². The normalized spacial score (nSPS) is 11.9. The van der Waals surface area contributed by atoms with E-state index in [9.17, 15) is 13.6 Å². The fraction of sp³-hybridized carbons (Fsp3) is 0.333. The van der Waals surface area contributed by atoms with Crippen LogP contribution in [0.5, 0.6) is 0 Å². The summed E-state index contributed by atoms with van der Waals surface area (Å²) in [6, 6.07) is 3.17. The third-order valence-electron chi connectivity index (χ3n) is 3.17. The Labute approximate surface area is 143 Å². The van der Waals surface area contributed by atoms with Crippen molar-refractivity contribution in [3.05, 3.63) is 46.5 Å². The van der Waals surface area contributed by atoms with Gasteiger partial charge in [-0.15, -0.1) is 23.7 Å². The van der Waals surface area contributed by atoms with Crippen LogP contribution in [0.4, 0.5) is 13.9 Å². The van der Waals surface area contributed by atoms with E-state index in [2.05, 4.69) is 10.3 Å². The molecule has 8 heteroatoms. The Hall–Kier alpha value is -1.57. The highest BCUT2D eigenvalue weighted by Crippen LogP contribution is 2.22. The number of carbonyl (C=O) groups is 1. The molecule has 0 aliphatic carbocycles. The molecule has 0 aliphatic rings. The molecule has 0 fully saturated rings. The van der Waals surface area contributed by atoms with E-state index in [0.717, 1.165) is 17.0 Å². The zero-order valence-electron chi connectivity index (χ0n) is 12.7. The number of thiazole rings is 1. The van der Waals surface area contributed by atoms with Crippen molar-refractivity contribution in [1.29, 1.82) is 0 Å². The minimum absolute atomic E-state index is 0. The molecule has 23 heavy (non-hydrogen) atoms. The molecule has 1 aromatic heterocycles. The summed E-state index contributed by atoms with van der Waals surface area (Å²) in [5.41, 5.74) is 6.39. The number of aromatic nitrogens is 1. The lowest BCUT2D eigenvalue weighted by Crippen LogP contribution is -2.39. The van der Waals surface area contributed by atoms with Gasteiger partial charge in [-0.05, 0) is 23.6 Å². The summed E-state index contributed by atoms with van der Waals surface area (Å²) in [4.78, 5) is 16.8. The summed E-state index contributed by atoms with van der Waals surface area (Å²) in [5, 5.41) is 3.10. The quantitative estimate of drug-likeness (QED) is 0.858. The van der Waals surface area contributed by atoms with Gasteiger partial charge in [-0.25, -0.2) is 13.8 Å². The van der Waals surface area contributed by atoms with E-state index in [4.69, 9.17) is 5.73 Å². The summed E-state index contributed by atoms with van der Waals surface area (Å²) in [5.74, 6) is -2.01. The molecule has 0 bridgehead atoms. The lowest BCUT2D eigenvalue weighted by Gasteiger charge is -2.13. The first-order valence-electron chi connectivity index (χ1n) is 6.82. The molecule has 0 saturated heterocycles. The third kappa shape index (κ3) is 5.23. The number of halogens is 3. The number of nitrogens with zero attached hydrogens (tertiary/aromatic N) is 1. The van der Waals surface area contributed by atoms with Crippen molar-refractivity contribution in [1.82, 2.24) is 4.98 Å². The fourth-order valence-corrected chi connectivity index (χ4v) is 2.64. The van der Waals surface area contributed by atoms with E-state index < -0.39 is 17.7 Å². The third-order valence-corrected chi connectivity index (χ3v) is 4.08. The van der Waals surface area contributed by atoms with Crippen LogP contribution in [-0.2, 0) is 11.2 Å². The molecule has 1 atom stereocenters. The summed E-state index contributed by atoms with van der Waals surface area (Å²) < 4.78 is 26.0. The summed E-state index contributed by atoms with van der Waals surface area (Å²) in [6.07, 6.45) is 2.02. The lowest BCUT2D eigenvalue weighted by molar-refractivity contribution is -0.118. The Morgan fingerprint density at radius 1 is 1.35 bits per heavy atom. The van der Waals surface area contributed by atoms with E-state index in [1.807, 2.05) is 13.8 Å². The average molecular weight is 362 g/mol. The maximum atomic E-state index is 13.2. The SMILES string of the molecule is CC(C)[C@H](N)C(=O)Nc1ncc(Cc2ccc(F)c(F)c2)s1.Cl. The van der Waals surface area contributed by atoms with Crippen LogP contribution in [0, 0.1) is 17.6 Å². The minimum Gasteiger partial charge on any atom is -0.320 e. The van der Waals surface area contributed by atoms with Gasteiger partial charge in [0.2, 0.25) is 5.91 Å². The number of hydrogen-bond donors (Lipinski definition) is 2. The number of carbonyl (C=O) groups excluding carboxylic acids is 1. The Balaban J connectivity index is 0.00000264. The molecule has 1 aromatic carbocycles. The highest BCUT2D eigenvalue weighted by Gasteiger charge is 2.18. The maximum Gasteiger partial charge on any atom is 0.243 e. The molecular formula is C15H18ClF2N3OS. The standard InChI is InChI=1S/C15H17F2N3OS.ClH/c1-8(2)13(18)14(21)20-15-19-7-10(22-15)5-9-3-4-11(16)12(17)6-9;/h3-4,6-8,13H,5,18H2,1-2H3,(H,19,20,21);1H/t13-;/m0./s1. The van der Waals surface area contributed by atoms with Gasteiger partial charge in [-0.1, -0.05) is 19.9 Å². The number of amides is 1. The van der Waals surface area contributed by atoms with E-state index in [1.165, 1.54) is 17.4 Å². The van der Waals surface area contributed by atoms with Gasteiger partial charge < -0.3 is 11.1 Å². The predicted molar refractivity (Wildman–Crippen MR) is 90.0 cm³/mol. The first-order valence-corrected chi connectivity index (χ1v) is 7.63. The second-order valence-corrected chi connectivity index (χ2v) is 6.43. The average Bonchev–Trinajstić information content (AvgIpc) is 2.89. The van der Waals surface area contributed by atoms with Crippen molar-refractivity contribution in [2.24, 2.45) is 11.7 Å². The first kappa shape index (κ1) is 19.5. The van der Waals surface area contributed by atoms with Crippen molar-refractivity contribution in [2.75, 3.05) is 5.32 Å². The molecule has 0 spiro atoms. The monoisotopic (exact) mass is 361 g/mol. The smallest absolute Gasteiger partial charge is 0.243 e. The van der Waals surface area contributed by atoms with Crippen LogP contribution in [0.3, 0.4) is 0 Å². The van der Waals surface area contributed by atoms with Crippen LogP contribution >= 0.6 is 23.7 Å². The van der Waals surface area contributed by atoms with Gasteiger partial charge in [-0.3, -0.25) is 4.79 Å². The van der Waals surface area contributed by atoms with Crippen molar-refractivity contribution in [3.8, 4) is 0 Å². The molecule has 0 unspecified atom stereocenters. The van der Waals surface area contributed by atoms with Gasteiger partial charge in [0.15, 0.2) is 16.8 Å². The Morgan fingerprint density at radius 3 is 2.65 bits per heavy atom. The second-order valence-electron chi connectivity index (χ2n) is 5.32. The molecule has 0 radical (unpaired) electrons. The van der Waals surface area contributed by atoms with Gasteiger partial charge in [0, 0.05) is 17.5 Å². The van der Waals surface area contributed by atoms with Gasteiger partial charge >= 0.3 is 0 Å². The molecule has 2 aromatic rings. The van der Waals surface area contributed by atoms with Crippen molar-refractivity contribution in [3.63, 3.8) is 0 Å². The van der Waals surface area contributed by atoms with Gasteiger partial charge in [0.1, 0.15) is 0 Å². The molecule has 2 rings (SSSR count). The highest BCUT2D eigenvalue weighted by molar-refractivity contribution is 7.15. The molecule has 0 aliphatic heterocycles. The van der Waals surface area contributed by atoms with Crippen LogP contribution in [0.15, 0.2) is 24.4 Å². The summed E-state index contributed by atoms with van der Waals surface area (Å²) >= 11 is 1.28. The van der Waals surface area contributed by atoms with Crippen molar-refractivity contribution < 1.29 is 13.6 Å². The number of anilines is 1. The van der Waals surface area contributed by atoms with Crippen molar-refractivity contribution >= 4 is 34.8 Å². The van der Waals surface area contributed by atoms with Crippen molar-refractivity contribution in [2.45, 2.75) is 26.3 Å². The zero-order chi connectivity index (χ0) is 16.3. The molecule has 1 heterocycles. The Kier molecular flexibility index (Phi) is 7.05. The molecule has 4 nitrogen and oxygen atoms in total. The van der Waals surface area contributed by atoms with Crippen LogP contribution in [-0.4, -0.2) is 16.9 Å².